The Hall–Kier alpha value is -3.24. The molecule has 10 heteroatoms. The van der Waals surface area contributed by atoms with Crippen molar-refractivity contribution >= 4 is 33.6 Å². The zero-order valence-electron chi connectivity index (χ0n) is 16.0. The lowest BCUT2D eigenvalue weighted by molar-refractivity contribution is -0.119. The zero-order valence-corrected chi connectivity index (χ0v) is 16.9. The van der Waals surface area contributed by atoms with E-state index in [0.29, 0.717) is 0 Å². The lowest BCUT2D eigenvalue weighted by Crippen LogP contribution is -2.23. The van der Waals surface area contributed by atoms with E-state index in [1.54, 1.807) is 12.1 Å². The van der Waals surface area contributed by atoms with Crippen LogP contribution in [0.1, 0.15) is 20.7 Å². The lowest BCUT2D eigenvalue weighted by Gasteiger charge is -2.12. The molecule has 0 atom stereocenters. The number of methoxy groups -OCH3 is 1. The Morgan fingerprint density at radius 1 is 0.966 bits per heavy atom. The smallest absolute Gasteiger partial charge is 0.339 e. The Kier molecular flexibility index (Phi) is 7.08. The Balaban J connectivity index is 1.99. The van der Waals surface area contributed by atoms with Gasteiger partial charge in [-0.25, -0.2) is 22.3 Å². The molecule has 0 bridgehead atoms. The van der Waals surface area contributed by atoms with Crippen molar-refractivity contribution in [2.75, 3.05) is 33.1 Å². The number of ether oxygens (including phenoxy) is 2. The van der Waals surface area contributed by atoms with Gasteiger partial charge in [0, 0.05) is 14.1 Å². The van der Waals surface area contributed by atoms with Crippen molar-refractivity contribution in [3.05, 3.63) is 59.7 Å². The summed E-state index contributed by atoms with van der Waals surface area (Å²) in [4.78, 5) is 35.9. The van der Waals surface area contributed by atoms with Crippen LogP contribution in [0.3, 0.4) is 0 Å². The number of amides is 1. The van der Waals surface area contributed by atoms with Gasteiger partial charge in [-0.05, 0) is 36.4 Å². The summed E-state index contributed by atoms with van der Waals surface area (Å²) in [6, 6.07) is 11.4. The fourth-order valence-corrected chi connectivity index (χ4v) is 3.16. The van der Waals surface area contributed by atoms with Crippen LogP contribution in [0.5, 0.6) is 0 Å². The van der Waals surface area contributed by atoms with E-state index >= 15 is 0 Å². The molecule has 2 rings (SSSR count). The molecule has 0 radical (unpaired) electrons. The monoisotopic (exact) mass is 420 g/mol. The number of carbonyl (C=O) groups excluding carboxylic acids is 3. The summed E-state index contributed by atoms with van der Waals surface area (Å²) < 4.78 is 34.7. The van der Waals surface area contributed by atoms with Crippen LogP contribution in [-0.4, -0.2) is 58.4 Å². The minimum atomic E-state index is -3.61. The fraction of sp³-hybridized carbons (Fsp3) is 0.211. The molecule has 0 unspecified atom stereocenters. The predicted molar refractivity (Wildman–Crippen MR) is 104 cm³/mol. The van der Waals surface area contributed by atoms with Gasteiger partial charge in [0.15, 0.2) is 6.61 Å². The van der Waals surface area contributed by atoms with Crippen LogP contribution < -0.4 is 5.32 Å². The average Bonchev–Trinajstić information content (AvgIpc) is 2.71. The quantitative estimate of drug-likeness (QED) is 0.675. The Labute approximate surface area is 168 Å². The van der Waals surface area contributed by atoms with Gasteiger partial charge in [0.05, 0.1) is 28.8 Å². The van der Waals surface area contributed by atoms with E-state index in [0.717, 1.165) is 4.31 Å². The van der Waals surface area contributed by atoms with Gasteiger partial charge in [0.1, 0.15) is 0 Å². The summed E-state index contributed by atoms with van der Waals surface area (Å²) in [6.07, 6.45) is 0. The number of sulfonamides is 1. The van der Waals surface area contributed by atoms with Crippen LogP contribution in [0.4, 0.5) is 5.69 Å². The molecule has 1 amide bonds. The molecular formula is C19H20N2O7S. The summed E-state index contributed by atoms with van der Waals surface area (Å²) in [5.41, 5.74) is 0.469. The van der Waals surface area contributed by atoms with Crippen LogP contribution in [0.15, 0.2) is 53.4 Å². The third-order valence-electron chi connectivity index (χ3n) is 3.81. The second kappa shape index (κ2) is 9.30. The molecule has 0 fully saturated rings. The number of nitrogens with one attached hydrogen (secondary N) is 1. The first-order valence-corrected chi connectivity index (χ1v) is 9.77. The van der Waals surface area contributed by atoms with E-state index in [-0.39, 0.29) is 21.7 Å². The number of nitrogens with zero attached hydrogens (tertiary/aromatic N) is 1. The van der Waals surface area contributed by atoms with Crippen LogP contribution in [0.25, 0.3) is 0 Å². The highest BCUT2D eigenvalue weighted by atomic mass is 32.2. The fourth-order valence-electron chi connectivity index (χ4n) is 2.25. The zero-order chi connectivity index (χ0) is 21.6. The normalized spacial score (nSPS) is 11.0. The molecule has 0 saturated heterocycles. The molecule has 2 aromatic carbocycles. The predicted octanol–water partition coefficient (Wildman–Crippen LogP) is 1.52. The van der Waals surface area contributed by atoms with Crippen LogP contribution in [-0.2, 0) is 24.3 Å². The Bertz CT molecular complexity index is 1020. The molecule has 0 aromatic heterocycles. The van der Waals surface area contributed by atoms with Gasteiger partial charge < -0.3 is 14.8 Å². The van der Waals surface area contributed by atoms with Crippen molar-refractivity contribution in [3.63, 3.8) is 0 Å². The first-order chi connectivity index (χ1) is 13.7. The first kappa shape index (κ1) is 22.1. The summed E-state index contributed by atoms with van der Waals surface area (Å²) in [6.45, 7) is -0.591. The second-order valence-electron chi connectivity index (χ2n) is 5.97. The summed E-state index contributed by atoms with van der Waals surface area (Å²) >= 11 is 0. The SMILES string of the molecule is COC(=O)c1ccccc1NC(=O)COC(=O)c1ccc(S(=O)(=O)N(C)C)cc1. The number of para-hydroxylation sites is 1. The van der Waals surface area contributed by atoms with Crippen LogP contribution in [0.2, 0.25) is 0 Å². The number of benzene rings is 2. The van der Waals surface area contributed by atoms with Gasteiger partial charge in [-0.2, -0.15) is 0 Å². The topological polar surface area (TPSA) is 119 Å². The number of anilines is 1. The maximum Gasteiger partial charge on any atom is 0.339 e. The number of esters is 2. The highest BCUT2D eigenvalue weighted by Gasteiger charge is 2.19. The molecule has 9 nitrogen and oxygen atoms in total. The molecule has 29 heavy (non-hydrogen) atoms. The van der Waals surface area contributed by atoms with Crippen molar-refractivity contribution in [3.8, 4) is 0 Å². The third-order valence-corrected chi connectivity index (χ3v) is 5.64. The molecule has 2 aromatic rings. The van der Waals surface area contributed by atoms with Gasteiger partial charge in [-0.1, -0.05) is 12.1 Å². The maximum atomic E-state index is 12.1. The molecule has 154 valence electrons. The van der Waals surface area contributed by atoms with E-state index < -0.39 is 34.5 Å². The Morgan fingerprint density at radius 2 is 1.59 bits per heavy atom. The number of hydrogen-bond donors (Lipinski definition) is 1. The van der Waals surface area contributed by atoms with E-state index in [4.69, 9.17) is 4.74 Å². The molecule has 0 aliphatic carbocycles. The van der Waals surface area contributed by atoms with E-state index in [9.17, 15) is 22.8 Å². The third kappa shape index (κ3) is 5.39. The van der Waals surface area contributed by atoms with E-state index in [1.165, 1.54) is 57.6 Å². The van der Waals surface area contributed by atoms with Crippen molar-refractivity contribution in [2.45, 2.75) is 4.90 Å². The maximum absolute atomic E-state index is 12.1. The van der Waals surface area contributed by atoms with Gasteiger partial charge in [-0.3, -0.25) is 4.79 Å². The summed E-state index contributed by atoms with van der Waals surface area (Å²) in [5.74, 6) is -2.07. The minimum absolute atomic E-state index is 0.0243. The molecule has 0 saturated carbocycles. The largest absolute Gasteiger partial charge is 0.465 e. The van der Waals surface area contributed by atoms with Crippen LogP contribution >= 0.6 is 0 Å². The van der Waals surface area contributed by atoms with E-state index in [1.807, 2.05) is 0 Å². The minimum Gasteiger partial charge on any atom is -0.465 e. The second-order valence-corrected chi connectivity index (χ2v) is 8.13. The molecule has 0 aliphatic rings. The Morgan fingerprint density at radius 3 is 2.17 bits per heavy atom. The van der Waals surface area contributed by atoms with Gasteiger partial charge >= 0.3 is 11.9 Å². The van der Waals surface area contributed by atoms with Gasteiger partial charge in [0.25, 0.3) is 5.91 Å². The number of hydrogen-bond acceptors (Lipinski definition) is 7. The highest BCUT2D eigenvalue weighted by Crippen LogP contribution is 2.17. The molecule has 0 heterocycles. The lowest BCUT2D eigenvalue weighted by atomic mass is 10.2. The summed E-state index contributed by atoms with van der Waals surface area (Å²) in [5, 5.41) is 2.47. The average molecular weight is 420 g/mol. The molecule has 0 aliphatic heterocycles. The molecular weight excluding hydrogens is 400 g/mol. The molecule has 1 N–H and O–H groups in total. The first-order valence-electron chi connectivity index (χ1n) is 8.33. The van der Waals surface area contributed by atoms with Gasteiger partial charge in [-0.15, -0.1) is 0 Å². The highest BCUT2D eigenvalue weighted by molar-refractivity contribution is 7.89. The standard InChI is InChI=1S/C19H20N2O7S/c1-21(2)29(25,26)14-10-8-13(9-11-14)18(23)28-12-17(22)20-16-7-5-4-6-15(16)19(24)27-3/h4-11H,12H2,1-3H3,(H,20,22). The number of rotatable bonds is 7. The van der Waals surface area contributed by atoms with E-state index in [2.05, 4.69) is 10.1 Å². The molecule has 0 spiro atoms. The van der Waals surface area contributed by atoms with Gasteiger partial charge in [0.2, 0.25) is 10.0 Å². The van der Waals surface area contributed by atoms with Crippen LogP contribution in [0, 0.1) is 0 Å². The van der Waals surface area contributed by atoms with Crippen molar-refractivity contribution in [2.24, 2.45) is 0 Å². The summed E-state index contributed by atoms with van der Waals surface area (Å²) in [7, 11) is 0.401. The van der Waals surface area contributed by atoms with Crippen molar-refractivity contribution in [1.29, 1.82) is 0 Å². The number of carbonyl (C=O) groups is 3. The van der Waals surface area contributed by atoms with Crippen molar-refractivity contribution in [1.82, 2.24) is 4.31 Å². The van der Waals surface area contributed by atoms with Crippen molar-refractivity contribution < 1.29 is 32.3 Å².